The fraction of sp³-hybridized carbons (Fsp3) is 0. The molecule has 0 unspecified atom stereocenters. The van der Waals surface area contributed by atoms with E-state index in [1.165, 1.54) is 6.08 Å². The third-order valence-corrected chi connectivity index (χ3v) is 3.56. The normalized spacial score (nSPS) is 11.5. The molecular weight excluding hydrogens is 290 g/mol. The zero-order chi connectivity index (χ0) is 15.6. The van der Waals surface area contributed by atoms with Gasteiger partial charge in [-0.05, 0) is 36.4 Å². The topological polar surface area (TPSA) is 75.1 Å². The van der Waals surface area contributed by atoms with Gasteiger partial charge in [0, 0.05) is 23.3 Å². The van der Waals surface area contributed by atoms with E-state index in [1.54, 1.807) is 18.5 Å². The van der Waals surface area contributed by atoms with Gasteiger partial charge in [-0.2, -0.15) is 5.10 Å². The molecule has 0 saturated carbocycles. The van der Waals surface area contributed by atoms with Crippen LogP contribution in [0.15, 0.2) is 61.1 Å². The Bertz CT molecular complexity index is 1030. The van der Waals surface area contributed by atoms with Crippen LogP contribution in [0, 0.1) is 0 Å². The summed E-state index contributed by atoms with van der Waals surface area (Å²) in [4.78, 5) is 16.3. The molecule has 23 heavy (non-hydrogen) atoms. The average molecular weight is 303 g/mol. The van der Waals surface area contributed by atoms with Crippen LogP contribution in [-0.4, -0.2) is 25.5 Å². The van der Waals surface area contributed by atoms with E-state index in [4.69, 9.17) is 0 Å². The Hall–Kier alpha value is -3.41. The number of fused-ring (bicyclic) bond motifs is 2. The van der Waals surface area contributed by atoms with E-state index in [2.05, 4.69) is 20.5 Å². The van der Waals surface area contributed by atoms with Crippen molar-refractivity contribution < 1.29 is 4.79 Å². The van der Waals surface area contributed by atoms with Gasteiger partial charge in [-0.1, -0.05) is 6.07 Å². The first-order valence-electron chi connectivity index (χ1n) is 7.14. The fourth-order valence-corrected chi connectivity index (χ4v) is 2.44. The number of H-pyrrole nitrogens is 1. The van der Waals surface area contributed by atoms with Crippen molar-refractivity contribution >= 4 is 34.2 Å². The third-order valence-electron chi connectivity index (χ3n) is 3.56. The second-order valence-corrected chi connectivity index (χ2v) is 5.11. The maximum absolute atomic E-state index is 12.1. The number of anilines is 1. The number of carbonyl (C=O) groups excluding carboxylic acids is 1. The van der Waals surface area contributed by atoms with E-state index in [0.717, 1.165) is 27.9 Å². The van der Waals surface area contributed by atoms with E-state index in [1.807, 2.05) is 47.0 Å². The van der Waals surface area contributed by atoms with Gasteiger partial charge in [-0.15, -0.1) is 0 Å². The maximum Gasteiger partial charge on any atom is 0.248 e. The summed E-state index contributed by atoms with van der Waals surface area (Å²) in [5.74, 6) is -0.199. The second-order valence-electron chi connectivity index (χ2n) is 5.11. The number of pyridine rings is 1. The summed E-state index contributed by atoms with van der Waals surface area (Å²) in [6.07, 6.45) is 8.62. The molecule has 3 heterocycles. The lowest BCUT2D eigenvalue weighted by Gasteiger charge is -2.01. The molecule has 0 aliphatic carbocycles. The van der Waals surface area contributed by atoms with Crippen molar-refractivity contribution in [3.8, 4) is 0 Å². The van der Waals surface area contributed by atoms with Gasteiger partial charge >= 0.3 is 0 Å². The van der Waals surface area contributed by atoms with Crippen LogP contribution in [-0.2, 0) is 4.79 Å². The van der Waals surface area contributed by atoms with Gasteiger partial charge < -0.3 is 9.72 Å². The predicted octanol–water partition coefficient (Wildman–Crippen LogP) is 2.86. The van der Waals surface area contributed by atoms with E-state index < -0.39 is 0 Å². The van der Waals surface area contributed by atoms with Gasteiger partial charge in [-0.3, -0.25) is 9.89 Å². The number of benzene rings is 1. The third kappa shape index (κ3) is 2.57. The largest absolute Gasteiger partial charge is 0.322 e. The van der Waals surface area contributed by atoms with Crippen LogP contribution in [0.5, 0.6) is 0 Å². The zero-order valence-electron chi connectivity index (χ0n) is 12.1. The van der Waals surface area contributed by atoms with Crippen LogP contribution in [0.4, 0.5) is 5.69 Å². The van der Waals surface area contributed by atoms with Crippen molar-refractivity contribution in [1.29, 1.82) is 0 Å². The summed E-state index contributed by atoms with van der Waals surface area (Å²) >= 11 is 0. The summed E-state index contributed by atoms with van der Waals surface area (Å²) in [6.45, 7) is 0. The Morgan fingerprint density at radius 2 is 2.17 bits per heavy atom. The molecule has 6 nitrogen and oxygen atoms in total. The number of nitrogens with one attached hydrogen (secondary N) is 2. The molecule has 0 radical (unpaired) electrons. The van der Waals surface area contributed by atoms with Crippen molar-refractivity contribution in [2.75, 3.05) is 5.32 Å². The summed E-state index contributed by atoms with van der Waals surface area (Å²) < 4.78 is 1.92. The molecule has 6 heteroatoms. The van der Waals surface area contributed by atoms with Crippen molar-refractivity contribution in [1.82, 2.24) is 19.6 Å². The molecule has 4 aromatic rings. The fourth-order valence-electron chi connectivity index (χ4n) is 2.44. The molecular formula is C17H13N5O. The number of imidazole rings is 1. The Morgan fingerprint density at radius 1 is 1.22 bits per heavy atom. The van der Waals surface area contributed by atoms with E-state index in [-0.39, 0.29) is 5.91 Å². The highest BCUT2D eigenvalue weighted by molar-refractivity contribution is 6.02. The van der Waals surface area contributed by atoms with Gasteiger partial charge in [0.2, 0.25) is 5.91 Å². The summed E-state index contributed by atoms with van der Waals surface area (Å²) in [5.41, 5.74) is 3.29. The van der Waals surface area contributed by atoms with Crippen LogP contribution in [0.3, 0.4) is 0 Å². The summed E-state index contributed by atoms with van der Waals surface area (Å²) in [7, 11) is 0. The quantitative estimate of drug-likeness (QED) is 0.571. The SMILES string of the molecule is O=C(/C=C/c1cnc2ccccn12)Nc1ccc2cn[nH]c2c1. The Kier molecular flexibility index (Phi) is 3.12. The minimum absolute atomic E-state index is 0.199. The standard InChI is InChI=1S/C17H13N5O/c23-17(20-13-5-4-12-10-19-21-15(12)9-13)7-6-14-11-18-16-3-1-2-8-22(14)16/h1-11H,(H,19,21)(H,20,23)/b7-6+. The zero-order valence-corrected chi connectivity index (χ0v) is 12.1. The number of hydrogen-bond acceptors (Lipinski definition) is 3. The number of aromatic amines is 1. The molecule has 0 bridgehead atoms. The molecule has 0 spiro atoms. The number of aromatic nitrogens is 4. The Morgan fingerprint density at radius 3 is 3.13 bits per heavy atom. The molecule has 0 aliphatic heterocycles. The summed E-state index contributed by atoms with van der Waals surface area (Å²) in [5, 5.41) is 10.7. The van der Waals surface area contributed by atoms with Gasteiger partial charge in [0.25, 0.3) is 0 Å². The smallest absolute Gasteiger partial charge is 0.248 e. The average Bonchev–Trinajstić information content (AvgIpc) is 3.19. The molecule has 0 atom stereocenters. The molecule has 0 aliphatic rings. The number of hydrogen-bond donors (Lipinski definition) is 2. The second kappa shape index (κ2) is 5.42. The van der Waals surface area contributed by atoms with Crippen LogP contribution in [0.2, 0.25) is 0 Å². The van der Waals surface area contributed by atoms with E-state index in [9.17, 15) is 4.79 Å². The monoisotopic (exact) mass is 303 g/mol. The highest BCUT2D eigenvalue weighted by Gasteiger charge is 2.02. The Balaban J connectivity index is 1.53. The minimum atomic E-state index is -0.199. The molecule has 112 valence electrons. The number of carbonyl (C=O) groups is 1. The lowest BCUT2D eigenvalue weighted by atomic mass is 10.2. The molecule has 2 N–H and O–H groups in total. The Labute approximate surface area is 131 Å². The molecule has 0 fully saturated rings. The van der Waals surface area contributed by atoms with Gasteiger partial charge in [0.15, 0.2) is 0 Å². The van der Waals surface area contributed by atoms with Crippen LogP contribution >= 0.6 is 0 Å². The first-order chi connectivity index (χ1) is 11.3. The highest BCUT2D eigenvalue weighted by atomic mass is 16.1. The minimum Gasteiger partial charge on any atom is -0.322 e. The lowest BCUT2D eigenvalue weighted by Crippen LogP contribution is -2.07. The molecule has 1 amide bonds. The van der Waals surface area contributed by atoms with Gasteiger partial charge in [-0.25, -0.2) is 4.98 Å². The van der Waals surface area contributed by atoms with Gasteiger partial charge in [0.1, 0.15) is 5.65 Å². The number of nitrogens with zero attached hydrogens (tertiary/aromatic N) is 3. The van der Waals surface area contributed by atoms with Crippen LogP contribution < -0.4 is 5.32 Å². The van der Waals surface area contributed by atoms with Gasteiger partial charge in [0.05, 0.1) is 23.6 Å². The van der Waals surface area contributed by atoms with Crippen LogP contribution in [0.1, 0.15) is 5.69 Å². The summed E-state index contributed by atoms with van der Waals surface area (Å²) in [6, 6.07) is 11.4. The first-order valence-corrected chi connectivity index (χ1v) is 7.14. The first kappa shape index (κ1) is 13.3. The van der Waals surface area contributed by atoms with E-state index in [0.29, 0.717) is 0 Å². The maximum atomic E-state index is 12.1. The molecule has 3 aromatic heterocycles. The van der Waals surface area contributed by atoms with Crippen molar-refractivity contribution in [2.45, 2.75) is 0 Å². The van der Waals surface area contributed by atoms with E-state index >= 15 is 0 Å². The number of amides is 1. The lowest BCUT2D eigenvalue weighted by molar-refractivity contribution is -0.111. The van der Waals surface area contributed by atoms with Crippen molar-refractivity contribution in [2.24, 2.45) is 0 Å². The highest BCUT2D eigenvalue weighted by Crippen LogP contribution is 2.16. The van der Waals surface area contributed by atoms with Crippen molar-refractivity contribution in [3.05, 3.63) is 66.8 Å². The molecule has 4 rings (SSSR count). The van der Waals surface area contributed by atoms with Crippen LogP contribution in [0.25, 0.3) is 22.6 Å². The molecule has 0 saturated heterocycles. The number of rotatable bonds is 3. The van der Waals surface area contributed by atoms with Crippen molar-refractivity contribution in [3.63, 3.8) is 0 Å². The molecule has 1 aromatic carbocycles. The predicted molar refractivity (Wildman–Crippen MR) is 88.9 cm³/mol.